The molecule has 0 saturated heterocycles. The van der Waals surface area contributed by atoms with Crippen LogP contribution in [0.1, 0.15) is 24.6 Å². The van der Waals surface area contributed by atoms with E-state index in [0.717, 1.165) is 25.1 Å². The number of aromatic nitrogens is 2. The molecule has 3 heteroatoms. The molecule has 19 heavy (non-hydrogen) atoms. The minimum absolute atomic E-state index is 0.115. The van der Waals surface area contributed by atoms with E-state index in [2.05, 4.69) is 53.7 Å². The first-order valence-corrected chi connectivity index (χ1v) is 6.89. The summed E-state index contributed by atoms with van der Waals surface area (Å²) in [5.41, 5.74) is 2.66. The quantitative estimate of drug-likeness (QED) is 0.862. The van der Waals surface area contributed by atoms with Gasteiger partial charge in [0, 0.05) is 31.6 Å². The van der Waals surface area contributed by atoms with Crippen LogP contribution < -0.4 is 5.32 Å². The summed E-state index contributed by atoms with van der Waals surface area (Å²) in [5, 5.41) is 7.89. The smallest absolute Gasteiger partial charge is 0.0633 e. The minimum atomic E-state index is 0.115. The van der Waals surface area contributed by atoms with E-state index in [1.54, 1.807) is 0 Å². The average Bonchev–Trinajstić information content (AvgIpc) is 2.84. The maximum atomic E-state index is 4.54. The lowest BCUT2D eigenvalue weighted by Crippen LogP contribution is -2.38. The van der Waals surface area contributed by atoms with E-state index in [4.69, 9.17) is 0 Å². The summed E-state index contributed by atoms with van der Waals surface area (Å²) >= 11 is 0. The van der Waals surface area contributed by atoms with Gasteiger partial charge >= 0.3 is 0 Å². The Bertz CT molecular complexity index is 504. The number of benzene rings is 1. The van der Waals surface area contributed by atoms with E-state index in [1.165, 1.54) is 5.56 Å². The second kappa shape index (κ2) is 6.02. The van der Waals surface area contributed by atoms with Gasteiger partial charge in [0.15, 0.2) is 0 Å². The predicted octanol–water partition coefficient (Wildman–Crippen LogP) is 2.53. The molecule has 2 rings (SSSR count). The zero-order valence-corrected chi connectivity index (χ0v) is 12.1. The van der Waals surface area contributed by atoms with Crippen LogP contribution in [0.25, 0.3) is 0 Å². The van der Waals surface area contributed by atoms with E-state index < -0.39 is 0 Å². The van der Waals surface area contributed by atoms with Gasteiger partial charge in [-0.2, -0.15) is 5.10 Å². The molecular weight excluding hydrogens is 234 g/mol. The van der Waals surface area contributed by atoms with Gasteiger partial charge in [0.1, 0.15) is 0 Å². The number of aryl methyl sites for hydroxylation is 1. The third-order valence-corrected chi connectivity index (χ3v) is 3.87. The van der Waals surface area contributed by atoms with Crippen molar-refractivity contribution in [1.82, 2.24) is 15.1 Å². The topological polar surface area (TPSA) is 29.9 Å². The average molecular weight is 257 g/mol. The largest absolute Gasteiger partial charge is 0.319 e. The number of rotatable bonds is 6. The predicted molar refractivity (Wildman–Crippen MR) is 79.2 cm³/mol. The highest BCUT2D eigenvalue weighted by atomic mass is 15.2. The Morgan fingerprint density at radius 2 is 1.95 bits per heavy atom. The molecule has 1 atom stereocenters. The van der Waals surface area contributed by atoms with Gasteiger partial charge in [-0.3, -0.25) is 4.68 Å². The Hall–Kier alpha value is -1.61. The van der Waals surface area contributed by atoms with Gasteiger partial charge in [-0.15, -0.1) is 0 Å². The number of hydrogen-bond acceptors (Lipinski definition) is 2. The highest BCUT2D eigenvalue weighted by Crippen LogP contribution is 2.31. The summed E-state index contributed by atoms with van der Waals surface area (Å²) in [6.45, 7) is 3.22. The van der Waals surface area contributed by atoms with Crippen molar-refractivity contribution in [3.8, 4) is 0 Å². The highest BCUT2D eigenvalue weighted by Gasteiger charge is 2.30. The molecule has 0 aliphatic rings. The van der Waals surface area contributed by atoms with Crippen LogP contribution in [0.2, 0.25) is 0 Å². The molecule has 0 amide bonds. The Kier molecular flexibility index (Phi) is 4.38. The lowest BCUT2D eigenvalue weighted by Gasteiger charge is -2.33. The van der Waals surface area contributed by atoms with Gasteiger partial charge in [-0.25, -0.2) is 0 Å². The Morgan fingerprint density at radius 3 is 2.47 bits per heavy atom. The first-order valence-electron chi connectivity index (χ1n) is 6.89. The molecule has 0 aliphatic carbocycles. The number of nitrogens with one attached hydrogen (secondary N) is 1. The molecular formula is C16H23N3. The van der Waals surface area contributed by atoms with E-state index in [-0.39, 0.29) is 5.41 Å². The van der Waals surface area contributed by atoms with E-state index >= 15 is 0 Å². The number of likely N-dealkylation sites (N-methyl/N-ethyl adjacent to an activating group) is 1. The van der Waals surface area contributed by atoms with Crippen LogP contribution in [0.5, 0.6) is 0 Å². The van der Waals surface area contributed by atoms with Crippen LogP contribution in [0, 0.1) is 0 Å². The van der Waals surface area contributed by atoms with Crippen LogP contribution in [0.3, 0.4) is 0 Å². The SMILES string of the molecule is CCC(CNC)(Cc1ccn(C)n1)c1ccccc1. The monoisotopic (exact) mass is 257 g/mol. The number of nitrogens with zero attached hydrogens (tertiary/aromatic N) is 2. The molecule has 102 valence electrons. The molecule has 3 nitrogen and oxygen atoms in total. The second-order valence-electron chi connectivity index (χ2n) is 5.19. The van der Waals surface area contributed by atoms with Crippen molar-refractivity contribution in [3.63, 3.8) is 0 Å². The Balaban J connectivity index is 2.34. The standard InChI is InChI=1S/C16H23N3/c1-4-16(13-17-2,14-8-6-5-7-9-14)12-15-10-11-19(3)18-15/h5-11,17H,4,12-13H2,1-3H3. The van der Waals surface area contributed by atoms with Gasteiger partial charge in [-0.05, 0) is 25.1 Å². The molecule has 1 unspecified atom stereocenters. The highest BCUT2D eigenvalue weighted by molar-refractivity contribution is 5.28. The van der Waals surface area contributed by atoms with Crippen molar-refractivity contribution in [2.45, 2.75) is 25.2 Å². The third-order valence-electron chi connectivity index (χ3n) is 3.87. The molecule has 1 aromatic carbocycles. The van der Waals surface area contributed by atoms with Gasteiger partial charge in [0.05, 0.1) is 5.69 Å². The first kappa shape index (κ1) is 13.8. The molecule has 1 aromatic heterocycles. The van der Waals surface area contributed by atoms with E-state index in [0.29, 0.717) is 0 Å². The molecule has 2 aromatic rings. The van der Waals surface area contributed by atoms with Crippen molar-refractivity contribution in [3.05, 3.63) is 53.9 Å². The third kappa shape index (κ3) is 3.04. The Morgan fingerprint density at radius 1 is 1.21 bits per heavy atom. The fourth-order valence-electron chi connectivity index (χ4n) is 2.76. The lowest BCUT2D eigenvalue weighted by atomic mass is 9.74. The summed E-state index contributed by atoms with van der Waals surface area (Å²) in [7, 11) is 3.99. The zero-order chi connectivity index (χ0) is 13.7. The molecule has 0 fully saturated rings. The van der Waals surface area contributed by atoms with Crippen LogP contribution in [0.15, 0.2) is 42.6 Å². The van der Waals surface area contributed by atoms with Gasteiger partial charge in [-0.1, -0.05) is 37.3 Å². The molecule has 0 aliphatic heterocycles. The maximum absolute atomic E-state index is 4.54. The van der Waals surface area contributed by atoms with Crippen LogP contribution in [-0.2, 0) is 18.9 Å². The van der Waals surface area contributed by atoms with Crippen molar-refractivity contribution in [2.24, 2.45) is 7.05 Å². The molecule has 0 saturated carbocycles. The van der Waals surface area contributed by atoms with Gasteiger partial charge in [0.25, 0.3) is 0 Å². The normalized spacial score (nSPS) is 14.3. The lowest BCUT2D eigenvalue weighted by molar-refractivity contribution is 0.386. The fraction of sp³-hybridized carbons (Fsp3) is 0.438. The van der Waals surface area contributed by atoms with Crippen LogP contribution >= 0.6 is 0 Å². The van der Waals surface area contributed by atoms with Crippen LogP contribution in [0.4, 0.5) is 0 Å². The zero-order valence-electron chi connectivity index (χ0n) is 12.1. The van der Waals surface area contributed by atoms with Crippen molar-refractivity contribution >= 4 is 0 Å². The molecule has 0 radical (unpaired) electrons. The van der Waals surface area contributed by atoms with Crippen LogP contribution in [-0.4, -0.2) is 23.4 Å². The first-order chi connectivity index (χ1) is 9.20. The summed E-state index contributed by atoms with van der Waals surface area (Å²) < 4.78 is 1.88. The summed E-state index contributed by atoms with van der Waals surface area (Å²) in [6.07, 6.45) is 4.07. The second-order valence-corrected chi connectivity index (χ2v) is 5.19. The molecule has 1 N–H and O–H groups in total. The minimum Gasteiger partial charge on any atom is -0.319 e. The molecule has 0 bridgehead atoms. The van der Waals surface area contributed by atoms with Crippen molar-refractivity contribution in [1.29, 1.82) is 0 Å². The molecule has 1 heterocycles. The van der Waals surface area contributed by atoms with E-state index in [1.807, 2.05) is 25.0 Å². The summed E-state index contributed by atoms with van der Waals surface area (Å²) in [6, 6.07) is 12.9. The van der Waals surface area contributed by atoms with E-state index in [9.17, 15) is 0 Å². The van der Waals surface area contributed by atoms with Gasteiger partial charge in [0.2, 0.25) is 0 Å². The summed E-state index contributed by atoms with van der Waals surface area (Å²) in [4.78, 5) is 0. The summed E-state index contributed by atoms with van der Waals surface area (Å²) in [5.74, 6) is 0. The van der Waals surface area contributed by atoms with Gasteiger partial charge < -0.3 is 5.32 Å². The maximum Gasteiger partial charge on any atom is 0.0633 e. The Labute approximate surface area is 115 Å². The van der Waals surface area contributed by atoms with Crippen molar-refractivity contribution < 1.29 is 0 Å². The molecule has 0 spiro atoms. The van der Waals surface area contributed by atoms with Crippen molar-refractivity contribution in [2.75, 3.05) is 13.6 Å². The fourth-order valence-corrected chi connectivity index (χ4v) is 2.76. The number of hydrogen-bond donors (Lipinski definition) is 1.